The van der Waals surface area contributed by atoms with Gasteiger partial charge in [-0.15, -0.1) is 0 Å². The molecule has 0 bridgehead atoms. The smallest absolute Gasteiger partial charge is 0.255 e. The molecular weight excluding hydrogens is 394 g/mol. The summed E-state index contributed by atoms with van der Waals surface area (Å²) < 4.78 is 17.2. The van der Waals surface area contributed by atoms with Crippen molar-refractivity contribution in [1.82, 2.24) is 10.2 Å². The number of likely N-dealkylation sites (tertiary alicyclic amines) is 1. The SMILES string of the molecule is COc1cc(CN2CCC3(CC2)CC2(CO3)NC(=O)c3ccccc3N2)cc(OC)c1. The minimum atomic E-state index is -0.520. The van der Waals surface area contributed by atoms with E-state index in [1.165, 1.54) is 5.56 Å². The van der Waals surface area contributed by atoms with Crippen LogP contribution < -0.4 is 20.1 Å². The van der Waals surface area contributed by atoms with Gasteiger partial charge in [0.05, 0.1) is 32.0 Å². The van der Waals surface area contributed by atoms with Crippen LogP contribution in [-0.2, 0) is 11.3 Å². The molecule has 2 fully saturated rings. The summed E-state index contributed by atoms with van der Waals surface area (Å²) in [5, 5.41) is 6.73. The van der Waals surface area contributed by atoms with E-state index in [4.69, 9.17) is 14.2 Å². The van der Waals surface area contributed by atoms with E-state index in [1.54, 1.807) is 14.2 Å². The zero-order valence-corrected chi connectivity index (χ0v) is 18.1. The Morgan fingerprint density at radius 1 is 1.03 bits per heavy atom. The number of carbonyl (C=O) groups is 1. The van der Waals surface area contributed by atoms with Gasteiger partial charge in [0.2, 0.25) is 0 Å². The largest absolute Gasteiger partial charge is 0.497 e. The predicted octanol–water partition coefficient (Wildman–Crippen LogP) is 3.01. The number of rotatable bonds is 4. The molecule has 3 heterocycles. The maximum Gasteiger partial charge on any atom is 0.255 e. The maximum atomic E-state index is 12.6. The molecule has 2 aromatic rings. The summed E-state index contributed by atoms with van der Waals surface area (Å²) >= 11 is 0. The van der Waals surface area contributed by atoms with E-state index >= 15 is 0 Å². The molecule has 0 aliphatic carbocycles. The molecule has 1 atom stereocenters. The topological polar surface area (TPSA) is 72.1 Å². The molecule has 3 aliphatic heterocycles. The van der Waals surface area contributed by atoms with Crippen LogP contribution >= 0.6 is 0 Å². The Labute approximate surface area is 182 Å². The molecule has 0 aromatic heterocycles. The quantitative estimate of drug-likeness (QED) is 0.788. The van der Waals surface area contributed by atoms with Gasteiger partial charge < -0.3 is 24.8 Å². The fourth-order valence-electron chi connectivity index (χ4n) is 5.11. The van der Waals surface area contributed by atoms with Gasteiger partial charge in [-0.2, -0.15) is 0 Å². The third kappa shape index (κ3) is 3.83. The van der Waals surface area contributed by atoms with E-state index in [0.717, 1.165) is 56.1 Å². The average molecular weight is 424 g/mol. The van der Waals surface area contributed by atoms with Crippen molar-refractivity contribution in [3.05, 3.63) is 53.6 Å². The van der Waals surface area contributed by atoms with Gasteiger partial charge in [-0.3, -0.25) is 9.69 Å². The first-order chi connectivity index (χ1) is 15.0. The number of anilines is 1. The number of carbonyl (C=O) groups excluding carboxylic acids is 1. The number of hydrogen-bond donors (Lipinski definition) is 2. The summed E-state index contributed by atoms with van der Waals surface area (Å²) in [6.07, 6.45) is 2.66. The second-order valence-electron chi connectivity index (χ2n) is 8.85. The number of para-hydroxylation sites is 1. The number of amides is 1. The summed E-state index contributed by atoms with van der Waals surface area (Å²) in [6, 6.07) is 13.7. The van der Waals surface area contributed by atoms with Crippen molar-refractivity contribution in [2.45, 2.75) is 37.1 Å². The van der Waals surface area contributed by atoms with Gasteiger partial charge in [-0.25, -0.2) is 0 Å². The lowest BCUT2D eigenvalue weighted by Gasteiger charge is -2.41. The molecule has 0 radical (unpaired) electrons. The molecule has 164 valence electrons. The third-order valence-corrected chi connectivity index (χ3v) is 6.73. The van der Waals surface area contributed by atoms with Crippen LogP contribution in [0.3, 0.4) is 0 Å². The van der Waals surface area contributed by atoms with E-state index < -0.39 is 5.66 Å². The molecule has 0 saturated carbocycles. The Kier molecular flexibility index (Phi) is 5.02. The number of methoxy groups -OCH3 is 2. The van der Waals surface area contributed by atoms with Gasteiger partial charge in [0.25, 0.3) is 5.91 Å². The van der Waals surface area contributed by atoms with Gasteiger partial charge >= 0.3 is 0 Å². The number of nitrogens with zero attached hydrogens (tertiary/aromatic N) is 1. The standard InChI is InChI=1S/C24H29N3O4/c1-29-18-11-17(12-19(13-18)30-2)14-27-9-7-23(8-10-27)15-24(16-31-23)25-21-6-4-3-5-20(21)22(28)26-24/h3-6,11-13,25H,7-10,14-16H2,1-2H3,(H,26,28). The zero-order chi connectivity index (χ0) is 21.5. The van der Waals surface area contributed by atoms with Crippen LogP contribution in [-0.4, -0.2) is 56.0 Å². The number of fused-ring (bicyclic) bond motifs is 1. The van der Waals surface area contributed by atoms with Crippen molar-refractivity contribution < 1.29 is 19.0 Å². The summed E-state index contributed by atoms with van der Waals surface area (Å²) in [5.41, 5.74) is 2.03. The van der Waals surface area contributed by atoms with E-state index in [9.17, 15) is 4.79 Å². The van der Waals surface area contributed by atoms with E-state index in [-0.39, 0.29) is 11.5 Å². The molecule has 7 heteroatoms. The molecule has 2 spiro atoms. The Bertz CT molecular complexity index is 964. The number of nitrogens with one attached hydrogen (secondary N) is 2. The van der Waals surface area contributed by atoms with Crippen molar-refractivity contribution >= 4 is 11.6 Å². The van der Waals surface area contributed by atoms with E-state index in [2.05, 4.69) is 27.7 Å². The highest BCUT2D eigenvalue weighted by Gasteiger charge is 2.53. The normalized spacial score (nSPS) is 24.5. The molecule has 1 amide bonds. The number of benzene rings is 2. The van der Waals surface area contributed by atoms with Gasteiger partial charge in [0, 0.05) is 37.8 Å². The van der Waals surface area contributed by atoms with Crippen LogP contribution in [0.25, 0.3) is 0 Å². The van der Waals surface area contributed by atoms with Crippen molar-refractivity contribution in [1.29, 1.82) is 0 Å². The fraction of sp³-hybridized carbons (Fsp3) is 0.458. The van der Waals surface area contributed by atoms with Gasteiger partial charge in [0.15, 0.2) is 0 Å². The molecule has 7 nitrogen and oxygen atoms in total. The second-order valence-corrected chi connectivity index (χ2v) is 8.85. The minimum absolute atomic E-state index is 0.0283. The highest BCUT2D eigenvalue weighted by Crippen LogP contribution is 2.43. The highest BCUT2D eigenvalue weighted by atomic mass is 16.5. The molecule has 3 aliphatic rings. The number of ether oxygens (including phenoxy) is 3. The Morgan fingerprint density at radius 2 is 1.74 bits per heavy atom. The molecule has 2 N–H and O–H groups in total. The Hall–Kier alpha value is -2.77. The molecule has 1 unspecified atom stereocenters. The van der Waals surface area contributed by atoms with E-state index in [1.807, 2.05) is 30.3 Å². The van der Waals surface area contributed by atoms with Gasteiger partial charge in [-0.1, -0.05) is 12.1 Å². The molecule has 5 rings (SSSR count). The van der Waals surface area contributed by atoms with Gasteiger partial charge in [0.1, 0.15) is 17.2 Å². The van der Waals surface area contributed by atoms with Crippen LogP contribution in [0.15, 0.2) is 42.5 Å². The summed E-state index contributed by atoms with van der Waals surface area (Å²) in [6.45, 7) is 3.22. The van der Waals surface area contributed by atoms with Crippen LogP contribution in [0, 0.1) is 0 Å². The first-order valence-corrected chi connectivity index (χ1v) is 10.8. The van der Waals surface area contributed by atoms with Crippen LogP contribution in [0.5, 0.6) is 11.5 Å². The van der Waals surface area contributed by atoms with Crippen molar-refractivity contribution in [2.75, 3.05) is 39.2 Å². The average Bonchev–Trinajstić information content (AvgIpc) is 3.12. The zero-order valence-electron chi connectivity index (χ0n) is 18.1. The maximum absolute atomic E-state index is 12.6. The minimum Gasteiger partial charge on any atom is -0.497 e. The fourth-order valence-corrected chi connectivity index (χ4v) is 5.11. The summed E-state index contributed by atoms with van der Waals surface area (Å²) in [7, 11) is 3.35. The lowest BCUT2D eigenvalue weighted by molar-refractivity contribution is -0.0452. The summed E-state index contributed by atoms with van der Waals surface area (Å²) in [5.74, 6) is 1.59. The predicted molar refractivity (Wildman–Crippen MR) is 118 cm³/mol. The number of hydrogen-bond acceptors (Lipinski definition) is 6. The monoisotopic (exact) mass is 423 g/mol. The molecular formula is C24H29N3O4. The van der Waals surface area contributed by atoms with E-state index in [0.29, 0.717) is 12.2 Å². The molecule has 2 aromatic carbocycles. The summed E-state index contributed by atoms with van der Waals surface area (Å²) in [4.78, 5) is 15.1. The third-order valence-electron chi connectivity index (χ3n) is 6.73. The molecule has 2 saturated heterocycles. The lowest BCUT2D eigenvalue weighted by atomic mass is 9.84. The number of piperidine rings is 1. The highest BCUT2D eigenvalue weighted by molar-refractivity contribution is 6.02. The van der Waals surface area contributed by atoms with Crippen LogP contribution in [0.1, 0.15) is 35.2 Å². The second kappa shape index (κ2) is 7.73. The lowest BCUT2D eigenvalue weighted by Crippen LogP contribution is -2.59. The first-order valence-electron chi connectivity index (χ1n) is 10.8. The molecule has 31 heavy (non-hydrogen) atoms. The van der Waals surface area contributed by atoms with Crippen molar-refractivity contribution in [3.8, 4) is 11.5 Å². The van der Waals surface area contributed by atoms with Crippen LogP contribution in [0.2, 0.25) is 0 Å². The van der Waals surface area contributed by atoms with Crippen LogP contribution in [0.4, 0.5) is 5.69 Å². The first kappa shape index (κ1) is 20.2. The Balaban J connectivity index is 1.24. The van der Waals surface area contributed by atoms with Crippen molar-refractivity contribution in [3.63, 3.8) is 0 Å². The van der Waals surface area contributed by atoms with Gasteiger partial charge in [-0.05, 0) is 42.7 Å². The Morgan fingerprint density at radius 3 is 2.45 bits per heavy atom. The van der Waals surface area contributed by atoms with Crippen molar-refractivity contribution in [2.24, 2.45) is 0 Å².